The van der Waals surface area contributed by atoms with Crippen LogP contribution in [0, 0.1) is 11.6 Å². The van der Waals surface area contributed by atoms with Crippen LogP contribution < -0.4 is 5.32 Å². The highest BCUT2D eigenvalue weighted by molar-refractivity contribution is 8.76. The van der Waals surface area contributed by atoms with Crippen LogP contribution in [-0.4, -0.2) is 35.0 Å². The molecule has 0 radical (unpaired) electrons. The van der Waals surface area contributed by atoms with Gasteiger partial charge < -0.3 is 10.4 Å². The molecule has 0 heterocycles. The van der Waals surface area contributed by atoms with Crippen molar-refractivity contribution in [3.63, 3.8) is 0 Å². The molecular weight excluding hydrogens is 380 g/mol. The number of hydrogen-bond donors (Lipinski definition) is 2. The molecule has 0 bridgehead atoms. The molecule has 2 rings (SSSR count). The third kappa shape index (κ3) is 6.34. The molecule has 0 aliphatic heterocycles. The SMILES string of the molecule is O=C(O)CCSSCCNC(=O)c1ccc(-c2ccc(F)cc2)cc1F. The minimum absolute atomic E-state index is 0.0561. The van der Waals surface area contributed by atoms with Crippen molar-refractivity contribution < 1.29 is 23.5 Å². The van der Waals surface area contributed by atoms with Crippen molar-refractivity contribution in [3.05, 3.63) is 59.7 Å². The molecule has 2 aromatic carbocycles. The molecule has 0 saturated heterocycles. The molecule has 26 heavy (non-hydrogen) atoms. The zero-order valence-corrected chi connectivity index (χ0v) is 15.3. The summed E-state index contributed by atoms with van der Waals surface area (Å²) in [6, 6.07) is 9.94. The van der Waals surface area contributed by atoms with E-state index >= 15 is 0 Å². The summed E-state index contributed by atoms with van der Waals surface area (Å²) in [6.45, 7) is 0.350. The Balaban J connectivity index is 1.83. The third-order valence-electron chi connectivity index (χ3n) is 3.34. The van der Waals surface area contributed by atoms with Crippen LogP contribution in [0.15, 0.2) is 42.5 Å². The lowest BCUT2D eigenvalue weighted by Crippen LogP contribution is -2.26. The predicted octanol–water partition coefficient (Wildman–Crippen LogP) is 4.22. The first kappa shape index (κ1) is 20.3. The molecule has 138 valence electrons. The molecule has 0 aliphatic carbocycles. The Kier molecular flexibility index (Phi) is 7.93. The Morgan fingerprint density at radius 3 is 2.27 bits per heavy atom. The number of carboxylic acids is 1. The Morgan fingerprint density at radius 2 is 1.62 bits per heavy atom. The van der Waals surface area contributed by atoms with Crippen molar-refractivity contribution >= 4 is 33.5 Å². The van der Waals surface area contributed by atoms with Gasteiger partial charge in [0.1, 0.15) is 11.6 Å². The number of carbonyl (C=O) groups excluding carboxylic acids is 1. The zero-order valence-electron chi connectivity index (χ0n) is 13.7. The number of hydrogen-bond acceptors (Lipinski definition) is 4. The highest BCUT2D eigenvalue weighted by Crippen LogP contribution is 2.23. The molecule has 2 N–H and O–H groups in total. The van der Waals surface area contributed by atoms with Crippen LogP contribution in [0.5, 0.6) is 0 Å². The van der Waals surface area contributed by atoms with Crippen LogP contribution >= 0.6 is 21.6 Å². The molecule has 1 amide bonds. The maximum absolute atomic E-state index is 14.2. The quantitative estimate of drug-likeness (QED) is 0.490. The summed E-state index contributed by atoms with van der Waals surface area (Å²) in [5.74, 6) is -1.29. The number of carbonyl (C=O) groups is 2. The summed E-state index contributed by atoms with van der Waals surface area (Å²) in [5, 5.41) is 11.1. The van der Waals surface area contributed by atoms with Gasteiger partial charge in [-0.1, -0.05) is 39.8 Å². The monoisotopic (exact) mass is 397 g/mol. The van der Waals surface area contributed by atoms with E-state index in [9.17, 15) is 18.4 Å². The van der Waals surface area contributed by atoms with Crippen molar-refractivity contribution in [1.29, 1.82) is 0 Å². The largest absolute Gasteiger partial charge is 0.481 e. The fourth-order valence-corrected chi connectivity index (χ4v) is 3.96. The number of nitrogens with one attached hydrogen (secondary N) is 1. The van der Waals surface area contributed by atoms with E-state index in [1.807, 2.05) is 0 Å². The molecule has 0 aromatic heterocycles. The van der Waals surface area contributed by atoms with Gasteiger partial charge in [0.2, 0.25) is 0 Å². The van der Waals surface area contributed by atoms with Gasteiger partial charge in [0, 0.05) is 18.1 Å². The van der Waals surface area contributed by atoms with E-state index in [2.05, 4.69) is 5.32 Å². The number of amides is 1. The Hall–Kier alpha value is -2.06. The van der Waals surface area contributed by atoms with Crippen LogP contribution in [-0.2, 0) is 4.79 Å². The summed E-state index contributed by atoms with van der Waals surface area (Å²) in [6.07, 6.45) is 0.0929. The Labute approximate surface area is 157 Å². The van der Waals surface area contributed by atoms with E-state index < -0.39 is 17.7 Å². The van der Waals surface area contributed by atoms with Gasteiger partial charge in [-0.3, -0.25) is 9.59 Å². The predicted molar refractivity (Wildman–Crippen MR) is 101 cm³/mol. The van der Waals surface area contributed by atoms with Crippen LogP contribution in [0.3, 0.4) is 0 Å². The molecule has 0 fully saturated rings. The topological polar surface area (TPSA) is 66.4 Å². The second-order valence-electron chi connectivity index (χ2n) is 5.25. The van der Waals surface area contributed by atoms with Gasteiger partial charge in [0.25, 0.3) is 5.91 Å². The normalized spacial score (nSPS) is 10.5. The van der Waals surface area contributed by atoms with Crippen molar-refractivity contribution in [1.82, 2.24) is 5.32 Å². The van der Waals surface area contributed by atoms with Crippen molar-refractivity contribution in [2.24, 2.45) is 0 Å². The minimum atomic E-state index is -0.842. The summed E-state index contributed by atoms with van der Waals surface area (Å²) in [5.41, 5.74) is 1.16. The van der Waals surface area contributed by atoms with Gasteiger partial charge in [0.15, 0.2) is 0 Å². The number of halogens is 2. The first-order valence-electron chi connectivity index (χ1n) is 7.77. The van der Waals surface area contributed by atoms with E-state index in [-0.39, 0.29) is 17.8 Å². The summed E-state index contributed by atoms with van der Waals surface area (Å²) in [7, 11) is 2.87. The van der Waals surface area contributed by atoms with Crippen LogP contribution in [0.1, 0.15) is 16.8 Å². The molecule has 0 saturated carbocycles. The van der Waals surface area contributed by atoms with Gasteiger partial charge in [0.05, 0.1) is 12.0 Å². The second-order valence-corrected chi connectivity index (χ2v) is 7.95. The maximum atomic E-state index is 14.2. The minimum Gasteiger partial charge on any atom is -0.481 e. The molecule has 0 atom stereocenters. The fraction of sp³-hybridized carbons (Fsp3) is 0.222. The summed E-state index contributed by atoms with van der Waals surface area (Å²) >= 11 is 0. The van der Waals surface area contributed by atoms with Gasteiger partial charge in [-0.25, -0.2) is 8.78 Å². The summed E-state index contributed by atoms with van der Waals surface area (Å²) in [4.78, 5) is 22.4. The lowest BCUT2D eigenvalue weighted by molar-refractivity contribution is -0.136. The lowest BCUT2D eigenvalue weighted by atomic mass is 10.0. The first-order chi connectivity index (χ1) is 12.5. The van der Waals surface area contributed by atoms with Crippen molar-refractivity contribution in [3.8, 4) is 11.1 Å². The average molecular weight is 397 g/mol. The van der Waals surface area contributed by atoms with E-state index in [4.69, 9.17) is 5.11 Å². The van der Waals surface area contributed by atoms with Crippen LogP contribution in [0.25, 0.3) is 11.1 Å². The second kappa shape index (κ2) is 10.2. The smallest absolute Gasteiger partial charge is 0.304 e. The fourth-order valence-electron chi connectivity index (χ4n) is 2.07. The number of carboxylic acid groups (broad SMARTS) is 1. The van der Waals surface area contributed by atoms with Gasteiger partial charge in [-0.05, 0) is 35.4 Å². The maximum Gasteiger partial charge on any atom is 0.304 e. The molecule has 0 aliphatic rings. The molecule has 0 spiro atoms. The highest BCUT2D eigenvalue weighted by atomic mass is 33.1. The van der Waals surface area contributed by atoms with Crippen molar-refractivity contribution in [2.45, 2.75) is 6.42 Å². The standard InChI is InChI=1S/C18H17F2NO3S2/c19-14-4-1-12(2-5-14)13-3-6-15(16(20)11-13)18(24)21-8-10-26-25-9-7-17(22)23/h1-6,11H,7-10H2,(H,21,24)(H,22,23). The van der Waals surface area contributed by atoms with Crippen LogP contribution in [0.2, 0.25) is 0 Å². The molecule has 0 unspecified atom stereocenters. The number of rotatable bonds is 9. The van der Waals surface area contributed by atoms with E-state index in [1.54, 1.807) is 18.2 Å². The highest BCUT2D eigenvalue weighted by Gasteiger charge is 2.12. The van der Waals surface area contributed by atoms with E-state index in [0.717, 1.165) is 0 Å². The lowest BCUT2D eigenvalue weighted by Gasteiger charge is -2.08. The summed E-state index contributed by atoms with van der Waals surface area (Å²) < 4.78 is 27.2. The van der Waals surface area contributed by atoms with Crippen molar-refractivity contribution in [2.75, 3.05) is 18.1 Å². The van der Waals surface area contributed by atoms with E-state index in [0.29, 0.717) is 29.2 Å². The van der Waals surface area contributed by atoms with E-state index in [1.165, 1.54) is 45.9 Å². The Bertz CT molecular complexity index is 770. The Morgan fingerprint density at radius 1 is 0.962 bits per heavy atom. The first-order valence-corrected chi connectivity index (χ1v) is 10.3. The zero-order chi connectivity index (χ0) is 18.9. The van der Waals surface area contributed by atoms with Crippen LogP contribution in [0.4, 0.5) is 8.78 Å². The molecular formula is C18H17F2NO3S2. The molecule has 4 nitrogen and oxygen atoms in total. The van der Waals surface area contributed by atoms with Gasteiger partial charge >= 0.3 is 5.97 Å². The van der Waals surface area contributed by atoms with Gasteiger partial charge in [-0.2, -0.15) is 0 Å². The number of aliphatic carboxylic acids is 1. The third-order valence-corrected chi connectivity index (χ3v) is 5.75. The molecule has 2 aromatic rings. The number of benzene rings is 2. The van der Waals surface area contributed by atoms with Gasteiger partial charge in [-0.15, -0.1) is 0 Å². The average Bonchev–Trinajstić information content (AvgIpc) is 2.61. The molecule has 8 heteroatoms.